The molecule has 1 aliphatic rings. The van der Waals surface area contributed by atoms with Crippen LogP contribution in [0, 0.1) is 0 Å². The van der Waals surface area contributed by atoms with Gasteiger partial charge in [0.15, 0.2) is 6.29 Å². The number of hydrogen-bond acceptors (Lipinski definition) is 3. The highest BCUT2D eigenvalue weighted by Gasteiger charge is 2.20. The molecule has 1 fully saturated rings. The van der Waals surface area contributed by atoms with Gasteiger partial charge in [0.25, 0.3) is 0 Å². The van der Waals surface area contributed by atoms with E-state index in [4.69, 9.17) is 0 Å². The van der Waals surface area contributed by atoms with Crippen LogP contribution in [0.4, 0.5) is 0 Å². The Labute approximate surface area is 60.7 Å². The van der Waals surface area contributed by atoms with Crippen LogP contribution in [0.2, 0.25) is 0 Å². The van der Waals surface area contributed by atoms with Gasteiger partial charge in [0.05, 0.1) is 0 Å². The van der Waals surface area contributed by atoms with E-state index in [9.17, 15) is 4.79 Å². The van der Waals surface area contributed by atoms with Gasteiger partial charge < -0.3 is 4.79 Å². The number of nitrogens with zero attached hydrogens (tertiary/aromatic N) is 1. The lowest BCUT2D eigenvalue weighted by Crippen LogP contribution is -2.36. The first-order chi connectivity index (χ1) is 4.88. The summed E-state index contributed by atoms with van der Waals surface area (Å²) in [6, 6.07) is 0. The van der Waals surface area contributed by atoms with Gasteiger partial charge in [-0.1, -0.05) is 6.08 Å². The van der Waals surface area contributed by atoms with E-state index in [1.165, 1.54) is 0 Å². The summed E-state index contributed by atoms with van der Waals surface area (Å²) in [5.74, 6) is 0. The van der Waals surface area contributed by atoms with Crippen molar-refractivity contribution in [2.45, 2.75) is 6.17 Å². The average Bonchev–Trinajstić information content (AvgIpc) is 2.36. The Hall–Kier alpha value is -0.670. The van der Waals surface area contributed by atoms with E-state index >= 15 is 0 Å². The largest absolute Gasteiger partial charge is 0.300 e. The van der Waals surface area contributed by atoms with Crippen molar-refractivity contribution in [3.8, 4) is 0 Å². The zero-order chi connectivity index (χ0) is 7.40. The lowest BCUT2D eigenvalue weighted by atomic mass is 10.4. The summed E-state index contributed by atoms with van der Waals surface area (Å²) in [7, 11) is 0. The highest BCUT2D eigenvalue weighted by Crippen LogP contribution is 1.99. The number of rotatable bonds is 3. The number of hydrogen-bond donors (Lipinski definition) is 1. The Morgan fingerprint density at radius 3 is 3.20 bits per heavy atom. The zero-order valence-electron chi connectivity index (χ0n) is 5.92. The Bertz CT molecular complexity index is 136. The first-order valence-corrected chi connectivity index (χ1v) is 3.42. The monoisotopic (exact) mass is 140 g/mol. The van der Waals surface area contributed by atoms with Crippen LogP contribution in [0.3, 0.4) is 0 Å². The second kappa shape index (κ2) is 3.49. The summed E-state index contributed by atoms with van der Waals surface area (Å²) >= 11 is 0. The molecule has 10 heavy (non-hydrogen) atoms. The molecule has 1 rings (SSSR count). The van der Waals surface area contributed by atoms with Gasteiger partial charge >= 0.3 is 0 Å². The van der Waals surface area contributed by atoms with E-state index in [2.05, 4.69) is 11.9 Å². The van der Waals surface area contributed by atoms with E-state index in [1.807, 2.05) is 11.0 Å². The second-order valence-corrected chi connectivity index (χ2v) is 2.32. The summed E-state index contributed by atoms with van der Waals surface area (Å²) in [4.78, 5) is 12.4. The molecule has 0 aromatic carbocycles. The summed E-state index contributed by atoms with van der Waals surface area (Å²) in [5.41, 5.74) is 0. The molecular weight excluding hydrogens is 128 g/mol. The lowest BCUT2D eigenvalue weighted by Gasteiger charge is -2.15. The van der Waals surface area contributed by atoms with Gasteiger partial charge in [0.1, 0.15) is 6.17 Å². The molecule has 0 aliphatic carbocycles. The Balaban J connectivity index is 2.41. The predicted molar refractivity (Wildman–Crippen MR) is 39.6 cm³/mol. The molecule has 0 aromatic heterocycles. The standard InChI is InChI=1S/C7H12N2O/c1-2-4-9-5-3-8-7(9)6-10/h2,6-8H,1,3-5H2. The van der Waals surface area contributed by atoms with E-state index in [0.717, 1.165) is 25.9 Å². The highest BCUT2D eigenvalue weighted by molar-refractivity contribution is 5.57. The first kappa shape index (κ1) is 7.44. The summed E-state index contributed by atoms with van der Waals surface area (Å²) in [6.45, 7) is 6.24. The van der Waals surface area contributed by atoms with Crippen LogP contribution in [0.1, 0.15) is 0 Å². The van der Waals surface area contributed by atoms with Crippen molar-refractivity contribution in [3.63, 3.8) is 0 Å². The third kappa shape index (κ3) is 1.43. The van der Waals surface area contributed by atoms with Gasteiger partial charge in [0, 0.05) is 19.6 Å². The maximum Gasteiger partial charge on any atom is 0.151 e. The molecule has 0 saturated carbocycles. The van der Waals surface area contributed by atoms with Crippen LogP contribution in [0.5, 0.6) is 0 Å². The van der Waals surface area contributed by atoms with Crippen LogP contribution in [0.25, 0.3) is 0 Å². The van der Waals surface area contributed by atoms with Gasteiger partial charge in [-0.2, -0.15) is 0 Å². The molecule has 0 spiro atoms. The molecule has 1 N–H and O–H groups in total. The maximum atomic E-state index is 10.4. The maximum absolute atomic E-state index is 10.4. The SMILES string of the molecule is C=CCN1CCNC1C=O. The fraction of sp³-hybridized carbons (Fsp3) is 0.571. The molecule has 0 bridgehead atoms. The highest BCUT2D eigenvalue weighted by atomic mass is 16.1. The topological polar surface area (TPSA) is 32.3 Å². The quantitative estimate of drug-likeness (QED) is 0.428. The van der Waals surface area contributed by atoms with Crippen LogP contribution >= 0.6 is 0 Å². The molecule has 0 radical (unpaired) electrons. The first-order valence-electron chi connectivity index (χ1n) is 3.42. The van der Waals surface area contributed by atoms with Crippen molar-refractivity contribution >= 4 is 6.29 Å². The Morgan fingerprint density at radius 2 is 2.60 bits per heavy atom. The van der Waals surface area contributed by atoms with E-state index in [1.54, 1.807) is 0 Å². The Kier molecular flexibility index (Phi) is 2.59. The number of carbonyl (C=O) groups is 1. The normalized spacial score (nSPS) is 26.6. The van der Waals surface area contributed by atoms with Gasteiger partial charge in [-0.3, -0.25) is 10.2 Å². The molecule has 0 amide bonds. The molecule has 1 unspecified atom stereocenters. The predicted octanol–water partition coefficient (Wildman–Crippen LogP) is -0.397. The molecule has 1 aliphatic heterocycles. The van der Waals surface area contributed by atoms with E-state index < -0.39 is 0 Å². The second-order valence-electron chi connectivity index (χ2n) is 2.32. The van der Waals surface area contributed by atoms with Crippen molar-refractivity contribution in [1.82, 2.24) is 10.2 Å². The molecule has 0 aromatic rings. The fourth-order valence-electron chi connectivity index (χ4n) is 1.13. The van der Waals surface area contributed by atoms with Crippen molar-refractivity contribution in [1.29, 1.82) is 0 Å². The molecular formula is C7H12N2O. The molecule has 56 valence electrons. The van der Waals surface area contributed by atoms with Crippen molar-refractivity contribution in [2.24, 2.45) is 0 Å². The summed E-state index contributed by atoms with van der Waals surface area (Å²) in [5, 5.41) is 3.05. The number of aldehydes is 1. The minimum atomic E-state index is -0.0852. The van der Waals surface area contributed by atoms with Crippen LogP contribution in [0.15, 0.2) is 12.7 Å². The number of carbonyl (C=O) groups excluding carboxylic acids is 1. The molecule has 1 atom stereocenters. The summed E-state index contributed by atoms with van der Waals surface area (Å²) < 4.78 is 0. The molecule has 3 heteroatoms. The van der Waals surface area contributed by atoms with Crippen molar-refractivity contribution < 1.29 is 4.79 Å². The minimum absolute atomic E-state index is 0.0852. The summed E-state index contributed by atoms with van der Waals surface area (Å²) in [6.07, 6.45) is 2.65. The zero-order valence-corrected chi connectivity index (χ0v) is 5.92. The van der Waals surface area contributed by atoms with E-state index in [0.29, 0.717) is 0 Å². The van der Waals surface area contributed by atoms with Crippen LogP contribution in [-0.4, -0.2) is 37.0 Å². The molecule has 1 heterocycles. The van der Waals surface area contributed by atoms with Gasteiger partial charge in [0.2, 0.25) is 0 Å². The van der Waals surface area contributed by atoms with Crippen LogP contribution < -0.4 is 5.32 Å². The van der Waals surface area contributed by atoms with E-state index in [-0.39, 0.29) is 6.17 Å². The van der Waals surface area contributed by atoms with Crippen molar-refractivity contribution in [2.75, 3.05) is 19.6 Å². The third-order valence-electron chi connectivity index (χ3n) is 1.64. The van der Waals surface area contributed by atoms with Gasteiger partial charge in [-0.05, 0) is 0 Å². The molecule has 3 nitrogen and oxygen atoms in total. The Morgan fingerprint density at radius 1 is 1.80 bits per heavy atom. The van der Waals surface area contributed by atoms with Crippen LogP contribution in [-0.2, 0) is 4.79 Å². The smallest absolute Gasteiger partial charge is 0.151 e. The number of nitrogens with one attached hydrogen (secondary N) is 1. The minimum Gasteiger partial charge on any atom is -0.300 e. The average molecular weight is 140 g/mol. The molecule has 1 saturated heterocycles. The lowest BCUT2D eigenvalue weighted by molar-refractivity contribution is -0.111. The fourth-order valence-corrected chi connectivity index (χ4v) is 1.13. The van der Waals surface area contributed by atoms with Gasteiger partial charge in [-0.15, -0.1) is 6.58 Å². The van der Waals surface area contributed by atoms with Gasteiger partial charge in [-0.25, -0.2) is 0 Å². The third-order valence-corrected chi connectivity index (χ3v) is 1.64. The van der Waals surface area contributed by atoms with Crippen molar-refractivity contribution in [3.05, 3.63) is 12.7 Å².